The van der Waals surface area contributed by atoms with E-state index in [1.165, 1.54) is 0 Å². The van der Waals surface area contributed by atoms with Gasteiger partial charge in [-0.1, -0.05) is 17.7 Å². The van der Waals surface area contributed by atoms with E-state index >= 15 is 0 Å². The van der Waals surface area contributed by atoms with Gasteiger partial charge in [0.15, 0.2) is 0 Å². The van der Waals surface area contributed by atoms with Gasteiger partial charge < -0.3 is 15.0 Å². The van der Waals surface area contributed by atoms with Crippen LogP contribution in [0.4, 0.5) is 11.4 Å². The Labute approximate surface area is 154 Å². The first-order chi connectivity index (χ1) is 12.5. The summed E-state index contributed by atoms with van der Waals surface area (Å²) >= 11 is 0. The number of amides is 2. The maximum Gasteiger partial charge on any atom is 0.255 e. The molecule has 0 spiro atoms. The summed E-state index contributed by atoms with van der Waals surface area (Å²) in [5.41, 5.74) is 3.96. The number of ether oxygens (including phenoxy) is 1. The largest absolute Gasteiger partial charge is 0.495 e. The fourth-order valence-electron chi connectivity index (χ4n) is 3.22. The van der Waals surface area contributed by atoms with Gasteiger partial charge in [-0.25, -0.2) is 0 Å². The van der Waals surface area contributed by atoms with E-state index < -0.39 is 0 Å². The van der Waals surface area contributed by atoms with Crippen molar-refractivity contribution in [1.82, 2.24) is 0 Å². The molecule has 2 aromatic carbocycles. The van der Waals surface area contributed by atoms with Crippen LogP contribution in [0.1, 0.15) is 40.7 Å². The van der Waals surface area contributed by atoms with E-state index in [0.29, 0.717) is 35.7 Å². The molecule has 1 aliphatic heterocycles. The Balaban J connectivity index is 1.89. The summed E-state index contributed by atoms with van der Waals surface area (Å²) in [6, 6.07) is 11.2. The molecule has 1 N–H and O–H groups in total. The third-order valence-corrected chi connectivity index (χ3v) is 4.69. The van der Waals surface area contributed by atoms with E-state index in [1.807, 2.05) is 38.1 Å². The van der Waals surface area contributed by atoms with Gasteiger partial charge in [-0.2, -0.15) is 0 Å². The zero-order valence-corrected chi connectivity index (χ0v) is 15.5. The molecule has 2 amide bonds. The molecule has 2 aromatic rings. The van der Waals surface area contributed by atoms with Crippen molar-refractivity contribution in [2.75, 3.05) is 23.9 Å². The van der Waals surface area contributed by atoms with Crippen molar-refractivity contribution in [2.45, 2.75) is 33.1 Å². The average molecular weight is 352 g/mol. The third kappa shape index (κ3) is 3.72. The summed E-state index contributed by atoms with van der Waals surface area (Å²) in [5, 5.41) is 2.94. The van der Waals surface area contributed by atoms with Gasteiger partial charge in [0, 0.05) is 24.2 Å². The first-order valence-electron chi connectivity index (χ1n) is 8.86. The van der Waals surface area contributed by atoms with E-state index in [2.05, 4.69) is 5.32 Å². The summed E-state index contributed by atoms with van der Waals surface area (Å²) in [6.45, 7) is 4.55. The molecule has 0 saturated carbocycles. The van der Waals surface area contributed by atoms with Crippen molar-refractivity contribution in [1.29, 1.82) is 0 Å². The lowest BCUT2D eigenvalue weighted by Gasteiger charge is -2.28. The zero-order valence-electron chi connectivity index (χ0n) is 15.5. The van der Waals surface area contributed by atoms with Crippen LogP contribution in [0.25, 0.3) is 0 Å². The predicted molar refractivity (Wildman–Crippen MR) is 103 cm³/mol. The third-order valence-electron chi connectivity index (χ3n) is 4.69. The Morgan fingerprint density at radius 1 is 1.12 bits per heavy atom. The topological polar surface area (TPSA) is 58.6 Å². The summed E-state index contributed by atoms with van der Waals surface area (Å²) in [7, 11) is 1.58. The first kappa shape index (κ1) is 18.0. The Bertz CT molecular complexity index is 845. The number of anilines is 2. The summed E-state index contributed by atoms with van der Waals surface area (Å²) in [4.78, 5) is 26.7. The lowest BCUT2D eigenvalue weighted by Crippen LogP contribution is -2.35. The number of carbonyl (C=O) groups is 2. The Morgan fingerprint density at radius 3 is 2.65 bits per heavy atom. The molecule has 26 heavy (non-hydrogen) atoms. The molecule has 1 heterocycles. The van der Waals surface area contributed by atoms with Crippen LogP contribution in [-0.2, 0) is 4.79 Å². The molecule has 136 valence electrons. The Morgan fingerprint density at radius 2 is 1.92 bits per heavy atom. The van der Waals surface area contributed by atoms with E-state index in [9.17, 15) is 9.59 Å². The number of methoxy groups -OCH3 is 1. The molecule has 5 heteroatoms. The van der Waals surface area contributed by atoms with Gasteiger partial charge in [0.2, 0.25) is 5.91 Å². The SMILES string of the molecule is COc1ccc(NC(=O)c2cc(C)ccc2C)cc1N1CCCCC1=O. The van der Waals surface area contributed by atoms with Crippen LogP contribution in [0.3, 0.4) is 0 Å². The van der Waals surface area contributed by atoms with E-state index in [1.54, 1.807) is 24.1 Å². The van der Waals surface area contributed by atoms with Gasteiger partial charge in [-0.05, 0) is 56.5 Å². The molecule has 1 saturated heterocycles. The first-order valence-corrected chi connectivity index (χ1v) is 8.86. The van der Waals surface area contributed by atoms with Crippen LogP contribution in [-0.4, -0.2) is 25.5 Å². The van der Waals surface area contributed by atoms with Crippen LogP contribution in [0, 0.1) is 13.8 Å². The summed E-state index contributed by atoms with van der Waals surface area (Å²) in [6.07, 6.45) is 2.43. The van der Waals surface area contributed by atoms with Crippen molar-refractivity contribution in [2.24, 2.45) is 0 Å². The standard InChI is InChI=1S/C21H24N2O3/c1-14-7-8-15(2)17(12-14)21(25)22-16-9-10-19(26-3)18(13-16)23-11-5-4-6-20(23)24/h7-10,12-13H,4-6,11H2,1-3H3,(H,22,25). The number of carbonyl (C=O) groups excluding carboxylic acids is 2. The average Bonchev–Trinajstić information content (AvgIpc) is 2.64. The molecule has 5 nitrogen and oxygen atoms in total. The highest BCUT2D eigenvalue weighted by Crippen LogP contribution is 2.33. The van der Waals surface area contributed by atoms with Crippen molar-refractivity contribution in [3.63, 3.8) is 0 Å². The second kappa shape index (κ2) is 7.60. The van der Waals surface area contributed by atoms with Gasteiger partial charge in [-0.3, -0.25) is 9.59 Å². The minimum atomic E-state index is -0.160. The number of rotatable bonds is 4. The zero-order chi connectivity index (χ0) is 18.7. The number of piperidine rings is 1. The predicted octanol–water partition coefficient (Wildman–Crippen LogP) is 4.08. The second-order valence-electron chi connectivity index (χ2n) is 6.66. The van der Waals surface area contributed by atoms with Crippen molar-refractivity contribution >= 4 is 23.2 Å². The fraction of sp³-hybridized carbons (Fsp3) is 0.333. The van der Waals surface area contributed by atoms with Gasteiger partial charge in [0.1, 0.15) is 5.75 Å². The van der Waals surface area contributed by atoms with Gasteiger partial charge in [-0.15, -0.1) is 0 Å². The minimum Gasteiger partial charge on any atom is -0.495 e. The summed E-state index contributed by atoms with van der Waals surface area (Å²) in [5.74, 6) is 0.560. The number of aryl methyl sites for hydroxylation is 2. The quantitative estimate of drug-likeness (QED) is 0.902. The number of hydrogen-bond donors (Lipinski definition) is 1. The normalized spacial score (nSPS) is 14.3. The van der Waals surface area contributed by atoms with Crippen LogP contribution in [0.5, 0.6) is 5.75 Å². The molecule has 0 radical (unpaired) electrons. The second-order valence-corrected chi connectivity index (χ2v) is 6.66. The Kier molecular flexibility index (Phi) is 5.26. The van der Waals surface area contributed by atoms with Crippen LogP contribution >= 0.6 is 0 Å². The highest BCUT2D eigenvalue weighted by molar-refractivity contribution is 6.06. The number of nitrogens with zero attached hydrogens (tertiary/aromatic N) is 1. The molecule has 0 atom stereocenters. The van der Waals surface area contributed by atoms with Crippen LogP contribution in [0.2, 0.25) is 0 Å². The van der Waals surface area contributed by atoms with Crippen molar-refractivity contribution in [3.8, 4) is 5.75 Å². The molecule has 1 fully saturated rings. The maximum absolute atomic E-state index is 12.7. The Hall–Kier alpha value is -2.82. The number of benzene rings is 2. The lowest BCUT2D eigenvalue weighted by atomic mass is 10.0. The van der Waals surface area contributed by atoms with E-state index in [0.717, 1.165) is 24.0 Å². The number of nitrogens with one attached hydrogen (secondary N) is 1. The van der Waals surface area contributed by atoms with Crippen molar-refractivity contribution in [3.05, 3.63) is 53.1 Å². The smallest absolute Gasteiger partial charge is 0.255 e. The molecule has 0 unspecified atom stereocenters. The fourth-order valence-corrected chi connectivity index (χ4v) is 3.22. The highest BCUT2D eigenvalue weighted by Gasteiger charge is 2.23. The maximum atomic E-state index is 12.7. The van der Waals surface area contributed by atoms with Gasteiger partial charge in [0.25, 0.3) is 5.91 Å². The van der Waals surface area contributed by atoms with E-state index in [4.69, 9.17) is 4.74 Å². The van der Waals surface area contributed by atoms with E-state index in [-0.39, 0.29) is 11.8 Å². The molecule has 0 bridgehead atoms. The number of hydrogen-bond acceptors (Lipinski definition) is 3. The molecular weight excluding hydrogens is 328 g/mol. The molecule has 0 aliphatic carbocycles. The molecular formula is C21H24N2O3. The lowest BCUT2D eigenvalue weighted by molar-refractivity contribution is -0.119. The summed E-state index contributed by atoms with van der Waals surface area (Å²) < 4.78 is 5.42. The molecule has 0 aromatic heterocycles. The van der Waals surface area contributed by atoms with Gasteiger partial charge >= 0.3 is 0 Å². The van der Waals surface area contributed by atoms with Crippen LogP contribution in [0.15, 0.2) is 36.4 Å². The van der Waals surface area contributed by atoms with Crippen molar-refractivity contribution < 1.29 is 14.3 Å². The highest BCUT2D eigenvalue weighted by atomic mass is 16.5. The minimum absolute atomic E-state index is 0.0903. The monoisotopic (exact) mass is 352 g/mol. The van der Waals surface area contributed by atoms with Gasteiger partial charge in [0.05, 0.1) is 12.8 Å². The van der Waals surface area contributed by atoms with Crippen LogP contribution < -0.4 is 15.0 Å². The molecule has 1 aliphatic rings. The molecule has 3 rings (SSSR count).